The van der Waals surface area contributed by atoms with Gasteiger partial charge in [0, 0.05) is 20.8 Å². The molecule has 0 heterocycles. The minimum atomic E-state index is -5.17. The third-order valence-electron chi connectivity index (χ3n) is 0. The number of rotatable bonds is 0. The average molecular weight is 283 g/mol. The van der Waals surface area contributed by atoms with Gasteiger partial charge in [0.05, 0.1) is 0 Å². The van der Waals surface area contributed by atoms with Gasteiger partial charge in [0.25, 0.3) is 0 Å². The minimum absolute atomic E-state index is 0. The Balaban J connectivity index is -0.0000000457. The van der Waals surface area contributed by atoms with Gasteiger partial charge < -0.3 is 18.2 Å². The fourth-order valence-corrected chi connectivity index (χ4v) is 0. The zero-order valence-electron chi connectivity index (χ0n) is 5.17. The molecule has 0 unspecified atom stereocenters. The maximum atomic E-state index is 8.52. The van der Waals surface area contributed by atoms with Crippen molar-refractivity contribution in [1.29, 1.82) is 0 Å². The summed E-state index contributed by atoms with van der Waals surface area (Å²) in [4.78, 5) is 0. The van der Waals surface area contributed by atoms with E-state index in [1.807, 2.05) is 0 Å². The third kappa shape index (κ3) is 2640. The van der Waals surface area contributed by atoms with Gasteiger partial charge in [-0.2, -0.15) is 0 Å². The Bertz CT molecular complexity index is 211. The van der Waals surface area contributed by atoms with Gasteiger partial charge in [0.15, 0.2) is 0 Å². The van der Waals surface area contributed by atoms with Crippen molar-refractivity contribution < 1.29 is 52.1 Å². The van der Waals surface area contributed by atoms with Crippen molar-refractivity contribution >= 4 is 34.3 Å². The number of hydrogen-bond donors (Lipinski definition) is 0. The molecular formula is H4MnO8S3. The number of hydrogen-bond acceptors (Lipinski definition) is 8. The largest absolute Gasteiger partial charge is 2.00 e. The molecule has 12 heavy (non-hydrogen) atoms. The molecule has 0 spiro atoms. The van der Waals surface area contributed by atoms with Crippen molar-refractivity contribution in [2.24, 2.45) is 0 Å². The molecule has 0 N–H and O–H groups in total. The van der Waals surface area contributed by atoms with Crippen LogP contribution in [-0.4, -0.2) is 35.0 Å². The Hall–Kier alpha value is 0.609. The maximum absolute atomic E-state index is 8.52. The second-order valence-corrected chi connectivity index (χ2v) is 2.45. The molecule has 12 heteroatoms. The summed E-state index contributed by atoms with van der Waals surface area (Å²) in [6, 6.07) is 0. The fraction of sp³-hybridized carbons (Fsp3) is 0. The van der Waals surface area contributed by atoms with Crippen LogP contribution in [-0.2, 0) is 51.4 Å². The molecular weight excluding hydrogens is 279 g/mol. The first-order valence-electron chi connectivity index (χ1n) is 1.33. The van der Waals surface area contributed by atoms with Gasteiger partial charge >= 0.3 is 17.1 Å². The molecule has 77 valence electrons. The molecule has 0 aliphatic rings. The smallest absolute Gasteiger partial charge is 0.759 e. The van der Waals surface area contributed by atoms with Crippen molar-refractivity contribution in [3.63, 3.8) is 0 Å². The molecule has 0 atom stereocenters. The first kappa shape index (κ1) is 22.9. The van der Waals surface area contributed by atoms with Gasteiger partial charge in [-0.05, 0) is 0 Å². The molecule has 1 radical (unpaired) electrons. The van der Waals surface area contributed by atoms with Crippen LogP contribution in [0.5, 0.6) is 0 Å². The predicted octanol–water partition coefficient (Wildman–Crippen LogP) is -3.75. The third-order valence-corrected chi connectivity index (χ3v) is 0. The summed E-state index contributed by atoms with van der Waals surface area (Å²) < 4.78 is 68.2. The van der Waals surface area contributed by atoms with Gasteiger partial charge in [0.2, 0.25) is 0 Å². The van der Waals surface area contributed by atoms with Crippen LogP contribution in [0.25, 0.3) is 0 Å². The second-order valence-electron chi connectivity index (χ2n) is 0.816. The van der Waals surface area contributed by atoms with Crippen LogP contribution in [0.1, 0.15) is 0 Å². The molecule has 0 saturated carbocycles. The van der Waals surface area contributed by atoms with Crippen molar-refractivity contribution in [1.82, 2.24) is 0 Å². The van der Waals surface area contributed by atoms with Gasteiger partial charge in [-0.1, -0.05) is 0 Å². The molecule has 8 nitrogen and oxygen atoms in total. The van der Waals surface area contributed by atoms with E-state index in [-0.39, 0.29) is 30.6 Å². The molecule has 0 saturated heterocycles. The molecule has 0 bridgehead atoms. The van der Waals surface area contributed by atoms with E-state index in [0.29, 0.717) is 0 Å². The van der Waals surface area contributed by atoms with Gasteiger partial charge in [-0.3, -0.25) is 16.8 Å². The van der Waals surface area contributed by atoms with E-state index in [4.69, 9.17) is 35.0 Å². The standard InChI is InChI=1S/Mn.2H2O4S.H4S/c;2*1-5(2,3)4;/h;2*(H2,1,2,3,4);1H4/q+2;;;+2/p-4. The summed E-state index contributed by atoms with van der Waals surface area (Å²) in [6.45, 7) is 0. The van der Waals surface area contributed by atoms with Crippen molar-refractivity contribution in [3.05, 3.63) is 0 Å². The SMILES string of the molecule is O=S(=O)([O-])[O-].O=S(=O)([O-])[O-].[Mn+2].[SH4+2]. The Morgan fingerprint density at radius 1 is 0.667 bits per heavy atom. The quantitative estimate of drug-likeness (QED) is 0.249. The Morgan fingerprint density at radius 3 is 0.667 bits per heavy atom. The maximum Gasteiger partial charge on any atom is 2.00 e. The molecule has 0 rings (SSSR count). The summed E-state index contributed by atoms with van der Waals surface area (Å²) in [5.41, 5.74) is 0. The normalized spacial score (nSPS) is 9.67. The molecule has 0 aliphatic carbocycles. The fourth-order valence-electron chi connectivity index (χ4n) is 0. The van der Waals surface area contributed by atoms with Gasteiger partial charge in [0.1, 0.15) is 0 Å². The Morgan fingerprint density at radius 2 is 0.667 bits per heavy atom. The topological polar surface area (TPSA) is 161 Å². The van der Waals surface area contributed by atoms with E-state index in [1.54, 1.807) is 0 Å². The Kier molecular flexibility index (Phi) is 15.7. The molecule has 0 amide bonds. The summed E-state index contributed by atoms with van der Waals surface area (Å²) in [5, 5.41) is 0. The van der Waals surface area contributed by atoms with Crippen LogP contribution < -0.4 is 0 Å². The van der Waals surface area contributed by atoms with Crippen LogP contribution in [0.15, 0.2) is 0 Å². The van der Waals surface area contributed by atoms with Crippen LogP contribution in [0, 0.1) is 0 Å². The zero-order valence-corrected chi connectivity index (χ0v) is 9.40. The van der Waals surface area contributed by atoms with Crippen molar-refractivity contribution in [2.75, 3.05) is 0 Å². The molecule has 0 fully saturated rings. The molecule has 0 aromatic heterocycles. The first-order chi connectivity index (χ1) is 4.00. The van der Waals surface area contributed by atoms with Crippen LogP contribution in [0.3, 0.4) is 0 Å². The zero-order chi connectivity index (χ0) is 9.00. The van der Waals surface area contributed by atoms with Gasteiger partial charge in [-0.15, -0.1) is 0 Å². The van der Waals surface area contributed by atoms with Crippen molar-refractivity contribution in [3.8, 4) is 0 Å². The average Bonchev–Trinajstić information content (AvgIpc) is 1.12. The van der Waals surface area contributed by atoms with E-state index in [1.165, 1.54) is 0 Å². The summed E-state index contributed by atoms with van der Waals surface area (Å²) >= 11 is 0. The van der Waals surface area contributed by atoms with E-state index in [2.05, 4.69) is 0 Å². The van der Waals surface area contributed by atoms with E-state index in [9.17, 15) is 0 Å². The predicted molar refractivity (Wildman–Crippen MR) is 33.9 cm³/mol. The summed E-state index contributed by atoms with van der Waals surface area (Å²) in [6.07, 6.45) is 0. The van der Waals surface area contributed by atoms with Gasteiger partial charge in [-0.25, -0.2) is 13.5 Å². The van der Waals surface area contributed by atoms with Crippen LogP contribution in [0.4, 0.5) is 0 Å². The molecule has 0 aliphatic heterocycles. The first-order valence-corrected chi connectivity index (χ1v) is 4.00. The van der Waals surface area contributed by atoms with E-state index in [0.717, 1.165) is 0 Å². The monoisotopic (exact) mass is 283 g/mol. The minimum Gasteiger partial charge on any atom is -0.759 e. The van der Waals surface area contributed by atoms with Crippen molar-refractivity contribution in [2.45, 2.75) is 0 Å². The summed E-state index contributed by atoms with van der Waals surface area (Å²) in [7, 11) is -10.3. The molecule has 0 aromatic rings. The Labute approximate surface area is 86.4 Å². The second kappa shape index (κ2) is 8.22. The summed E-state index contributed by atoms with van der Waals surface area (Å²) in [5.74, 6) is 0. The van der Waals surface area contributed by atoms with Crippen LogP contribution in [0.2, 0.25) is 0 Å². The molecule has 0 aromatic carbocycles. The van der Waals surface area contributed by atoms with Crippen LogP contribution >= 0.6 is 0 Å². The van der Waals surface area contributed by atoms with E-state index < -0.39 is 20.8 Å². The van der Waals surface area contributed by atoms with E-state index >= 15 is 0 Å².